The third-order valence-electron chi connectivity index (χ3n) is 2.19. The van der Waals surface area contributed by atoms with Crippen LogP contribution in [0.1, 0.15) is 19.3 Å². The monoisotopic (exact) mass is 185 g/mol. The Morgan fingerprint density at radius 3 is 2.62 bits per heavy atom. The fourth-order valence-electron chi connectivity index (χ4n) is 1.35. The van der Waals surface area contributed by atoms with Crippen molar-refractivity contribution in [1.29, 1.82) is 0 Å². The van der Waals surface area contributed by atoms with E-state index in [9.17, 15) is 9.59 Å². The van der Waals surface area contributed by atoms with Crippen molar-refractivity contribution >= 4 is 11.7 Å². The van der Waals surface area contributed by atoms with Crippen molar-refractivity contribution in [2.75, 3.05) is 26.8 Å². The lowest BCUT2D eigenvalue weighted by molar-refractivity contribution is -0.135. The maximum atomic E-state index is 11.4. The zero-order chi connectivity index (χ0) is 9.68. The van der Waals surface area contributed by atoms with Gasteiger partial charge in [0.1, 0.15) is 5.78 Å². The van der Waals surface area contributed by atoms with Gasteiger partial charge in [0.2, 0.25) is 5.91 Å². The standard InChI is InChI=1S/C9H15NO3/c1-13-7-4-9(12)10-5-2-8(11)3-6-10/h2-7H2,1H3. The summed E-state index contributed by atoms with van der Waals surface area (Å²) in [7, 11) is 1.58. The number of carbonyl (C=O) groups excluding carboxylic acids is 2. The lowest BCUT2D eigenvalue weighted by atomic mass is 10.1. The number of hydrogen-bond acceptors (Lipinski definition) is 3. The SMILES string of the molecule is COCCC(=O)N1CCC(=O)CC1. The largest absolute Gasteiger partial charge is 0.384 e. The highest BCUT2D eigenvalue weighted by Gasteiger charge is 2.19. The molecule has 0 unspecified atom stereocenters. The summed E-state index contributed by atoms with van der Waals surface area (Å²) in [5.41, 5.74) is 0. The van der Waals surface area contributed by atoms with Crippen LogP contribution in [-0.4, -0.2) is 43.4 Å². The highest BCUT2D eigenvalue weighted by atomic mass is 16.5. The molecule has 1 amide bonds. The Morgan fingerprint density at radius 2 is 2.08 bits per heavy atom. The van der Waals surface area contributed by atoms with E-state index in [0.717, 1.165) is 0 Å². The summed E-state index contributed by atoms with van der Waals surface area (Å²) in [6.45, 7) is 1.63. The van der Waals surface area contributed by atoms with E-state index in [0.29, 0.717) is 39.0 Å². The van der Waals surface area contributed by atoms with E-state index in [1.54, 1.807) is 12.0 Å². The molecule has 74 valence electrons. The van der Waals surface area contributed by atoms with E-state index in [1.165, 1.54) is 0 Å². The van der Waals surface area contributed by atoms with Crippen LogP contribution < -0.4 is 0 Å². The molecule has 0 aromatic carbocycles. The molecule has 0 bridgehead atoms. The summed E-state index contributed by atoms with van der Waals surface area (Å²) in [4.78, 5) is 24.0. The van der Waals surface area contributed by atoms with Gasteiger partial charge in [-0.15, -0.1) is 0 Å². The molecule has 0 spiro atoms. The molecule has 1 aliphatic heterocycles. The van der Waals surface area contributed by atoms with Gasteiger partial charge in [0.25, 0.3) is 0 Å². The van der Waals surface area contributed by atoms with Gasteiger partial charge >= 0.3 is 0 Å². The van der Waals surface area contributed by atoms with Crippen LogP contribution in [0.15, 0.2) is 0 Å². The highest BCUT2D eigenvalue weighted by Crippen LogP contribution is 2.06. The Balaban J connectivity index is 2.27. The van der Waals surface area contributed by atoms with E-state index >= 15 is 0 Å². The molecular formula is C9H15NO3. The fraction of sp³-hybridized carbons (Fsp3) is 0.778. The van der Waals surface area contributed by atoms with Gasteiger partial charge in [-0.1, -0.05) is 0 Å². The summed E-state index contributed by atoms with van der Waals surface area (Å²) < 4.78 is 4.81. The topological polar surface area (TPSA) is 46.6 Å². The smallest absolute Gasteiger partial charge is 0.224 e. The average Bonchev–Trinajstić information content (AvgIpc) is 2.15. The molecule has 0 saturated carbocycles. The third kappa shape index (κ3) is 3.14. The average molecular weight is 185 g/mol. The number of Topliss-reactive ketones (excluding diaryl/α,β-unsaturated/α-hetero) is 1. The number of piperidine rings is 1. The number of rotatable bonds is 3. The van der Waals surface area contributed by atoms with Crippen molar-refractivity contribution in [3.05, 3.63) is 0 Å². The summed E-state index contributed by atoms with van der Waals surface area (Å²) in [6.07, 6.45) is 1.45. The molecule has 0 atom stereocenters. The van der Waals surface area contributed by atoms with Crippen molar-refractivity contribution in [2.45, 2.75) is 19.3 Å². The van der Waals surface area contributed by atoms with Crippen LogP contribution in [0.5, 0.6) is 0 Å². The number of nitrogens with zero attached hydrogens (tertiary/aromatic N) is 1. The lowest BCUT2D eigenvalue weighted by Crippen LogP contribution is -2.38. The fourth-order valence-corrected chi connectivity index (χ4v) is 1.35. The summed E-state index contributed by atoms with van der Waals surface area (Å²) in [6, 6.07) is 0. The molecule has 0 N–H and O–H groups in total. The molecule has 4 heteroatoms. The molecule has 1 aliphatic rings. The third-order valence-corrected chi connectivity index (χ3v) is 2.19. The first kappa shape index (κ1) is 10.2. The van der Waals surface area contributed by atoms with Crippen LogP contribution >= 0.6 is 0 Å². The molecule has 0 radical (unpaired) electrons. The second kappa shape index (κ2) is 4.97. The number of carbonyl (C=O) groups is 2. The zero-order valence-corrected chi connectivity index (χ0v) is 7.91. The number of likely N-dealkylation sites (tertiary alicyclic amines) is 1. The first-order valence-electron chi connectivity index (χ1n) is 4.52. The Kier molecular flexibility index (Phi) is 3.89. The summed E-state index contributed by atoms with van der Waals surface area (Å²) in [5.74, 6) is 0.352. The van der Waals surface area contributed by atoms with Gasteiger partial charge in [-0.25, -0.2) is 0 Å². The summed E-state index contributed by atoms with van der Waals surface area (Å²) in [5, 5.41) is 0. The van der Waals surface area contributed by atoms with Gasteiger partial charge < -0.3 is 9.64 Å². The van der Waals surface area contributed by atoms with Gasteiger partial charge in [-0.3, -0.25) is 9.59 Å². The number of amides is 1. The van der Waals surface area contributed by atoms with Crippen molar-refractivity contribution < 1.29 is 14.3 Å². The second-order valence-electron chi connectivity index (χ2n) is 3.16. The number of hydrogen-bond donors (Lipinski definition) is 0. The van der Waals surface area contributed by atoms with Crippen LogP contribution in [0.3, 0.4) is 0 Å². The Labute approximate surface area is 77.8 Å². The van der Waals surface area contributed by atoms with E-state index in [-0.39, 0.29) is 11.7 Å². The van der Waals surface area contributed by atoms with Gasteiger partial charge in [-0.2, -0.15) is 0 Å². The maximum Gasteiger partial charge on any atom is 0.224 e. The quantitative estimate of drug-likeness (QED) is 0.631. The molecule has 1 heterocycles. The Morgan fingerprint density at radius 1 is 1.46 bits per heavy atom. The van der Waals surface area contributed by atoms with Gasteiger partial charge in [-0.05, 0) is 0 Å². The molecule has 1 rings (SSSR count). The predicted molar refractivity (Wildman–Crippen MR) is 47.3 cm³/mol. The van der Waals surface area contributed by atoms with E-state index < -0.39 is 0 Å². The normalized spacial score (nSPS) is 17.6. The number of ketones is 1. The van der Waals surface area contributed by atoms with Crippen molar-refractivity contribution in [1.82, 2.24) is 4.90 Å². The number of methoxy groups -OCH3 is 1. The second-order valence-corrected chi connectivity index (χ2v) is 3.16. The summed E-state index contributed by atoms with van der Waals surface area (Å²) >= 11 is 0. The van der Waals surface area contributed by atoms with E-state index in [2.05, 4.69) is 0 Å². The minimum atomic E-state index is 0.0920. The lowest BCUT2D eigenvalue weighted by Gasteiger charge is -2.25. The van der Waals surface area contributed by atoms with Gasteiger partial charge in [0.15, 0.2) is 0 Å². The molecular weight excluding hydrogens is 170 g/mol. The molecule has 0 aliphatic carbocycles. The Hall–Kier alpha value is -0.900. The van der Waals surface area contributed by atoms with Crippen molar-refractivity contribution in [2.24, 2.45) is 0 Å². The first-order valence-corrected chi connectivity index (χ1v) is 4.52. The Bertz CT molecular complexity index is 193. The van der Waals surface area contributed by atoms with Gasteiger partial charge in [0, 0.05) is 33.0 Å². The molecule has 1 saturated heterocycles. The van der Waals surface area contributed by atoms with Crippen molar-refractivity contribution in [3.8, 4) is 0 Å². The molecule has 1 fully saturated rings. The minimum Gasteiger partial charge on any atom is -0.384 e. The minimum absolute atomic E-state index is 0.0920. The first-order chi connectivity index (χ1) is 6.24. The maximum absolute atomic E-state index is 11.4. The molecule has 0 aromatic rings. The molecule has 13 heavy (non-hydrogen) atoms. The zero-order valence-electron chi connectivity index (χ0n) is 7.91. The van der Waals surface area contributed by atoms with Crippen LogP contribution in [0.25, 0.3) is 0 Å². The van der Waals surface area contributed by atoms with Gasteiger partial charge in [0.05, 0.1) is 13.0 Å². The van der Waals surface area contributed by atoms with Crippen LogP contribution in [0.4, 0.5) is 0 Å². The van der Waals surface area contributed by atoms with E-state index in [1.807, 2.05) is 0 Å². The predicted octanol–water partition coefficient (Wildman–Crippen LogP) is 0.214. The van der Waals surface area contributed by atoms with Crippen LogP contribution in [0, 0.1) is 0 Å². The van der Waals surface area contributed by atoms with Crippen molar-refractivity contribution in [3.63, 3.8) is 0 Å². The van der Waals surface area contributed by atoms with Crippen LogP contribution in [-0.2, 0) is 14.3 Å². The molecule has 0 aromatic heterocycles. The van der Waals surface area contributed by atoms with Crippen LogP contribution in [0.2, 0.25) is 0 Å². The highest BCUT2D eigenvalue weighted by molar-refractivity contribution is 5.83. The van der Waals surface area contributed by atoms with E-state index in [4.69, 9.17) is 4.74 Å². The number of ether oxygens (including phenoxy) is 1. The molecule has 4 nitrogen and oxygen atoms in total.